The molecule has 0 saturated carbocycles. The van der Waals surface area contributed by atoms with Crippen LogP contribution in [-0.2, 0) is 4.74 Å². The van der Waals surface area contributed by atoms with Crippen molar-refractivity contribution in [3.05, 3.63) is 28.9 Å². The second kappa shape index (κ2) is 3.86. The number of nitrogens with one attached hydrogen (secondary N) is 1. The number of methoxy groups -OCH3 is 1. The number of ether oxygens (including phenoxy) is 1. The summed E-state index contributed by atoms with van der Waals surface area (Å²) < 4.78 is 4.64. The summed E-state index contributed by atoms with van der Waals surface area (Å²) in [6, 6.07) is 3.81. The summed E-state index contributed by atoms with van der Waals surface area (Å²) in [4.78, 5) is 19.5. The lowest BCUT2D eigenvalue weighted by atomic mass is 10.4. The van der Waals surface area contributed by atoms with Gasteiger partial charge in [0.2, 0.25) is 0 Å². The SMILES string of the molecule is COC(=O)c1nc(-c2ccc[nH]2)sc1C. The van der Waals surface area contributed by atoms with E-state index in [1.807, 2.05) is 25.3 Å². The average Bonchev–Trinajstić information content (AvgIpc) is 2.84. The molecule has 78 valence electrons. The lowest BCUT2D eigenvalue weighted by molar-refractivity contribution is 0.0594. The van der Waals surface area contributed by atoms with Crippen molar-refractivity contribution in [2.75, 3.05) is 7.11 Å². The monoisotopic (exact) mass is 222 g/mol. The van der Waals surface area contributed by atoms with Crippen molar-refractivity contribution in [3.8, 4) is 10.7 Å². The van der Waals surface area contributed by atoms with E-state index >= 15 is 0 Å². The van der Waals surface area contributed by atoms with E-state index in [9.17, 15) is 4.79 Å². The van der Waals surface area contributed by atoms with Crippen molar-refractivity contribution >= 4 is 17.3 Å². The van der Waals surface area contributed by atoms with E-state index in [-0.39, 0.29) is 5.97 Å². The molecule has 0 spiro atoms. The van der Waals surface area contributed by atoms with Gasteiger partial charge in [-0.05, 0) is 19.1 Å². The summed E-state index contributed by atoms with van der Waals surface area (Å²) in [5.74, 6) is -0.387. The maximum atomic E-state index is 11.3. The molecule has 0 radical (unpaired) electrons. The largest absolute Gasteiger partial charge is 0.464 e. The van der Waals surface area contributed by atoms with Crippen LogP contribution in [0.2, 0.25) is 0 Å². The first kappa shape index (κ1) is 9.92. The van der Waals surface area contributed by atoms with Crippen molar-refractivity contribution in [2.24, 2.45) is 0 Å². The van der Waals surface area contributed by atoms with Crippen molar-refractivity contribution in [3.63, 3.8) is 0 Å². The van der Waals surface area contributed by atoms with Gasteiger partial charge in [0.05, 0.1) is 12.8 Å². The second-order valence-electron chi connectivity index (χ2n) is 3.00. The summed E-state index contributed by atoms with van der Waals surface area (Å²) in [6.07, 6.45) is 1.82. The molecule has 2 aromatic heterocycles. The zero-order valence-corrected chi connectivity index (χ0v) is 9.22. The number of carbonyl (C=O) groups excluding carboxylic acids is 1. The van der Waals surface area contributed by atoms with Crippen LogP contribution in [0.25, 0.3) is 10.7 Å². The Bertz CT molecular complexity index is 474. The Morgan fingerprint density at radius 3 is 3.00 bits per heavy atom. The van der Waals surface area contributed by atoms with Crippen LogP contribution >= 0.6 is 11.3 Å². The predicted octanol–water partition coefficient (Wildman–Crippen LogP) is 2.23. The number of esters is 1. The number of rotatable bonds is 2. The first-order chi connectivity index (χ1) is 7.22. The zero-order chi connectivity index (χ0) is 10.8. The van der Waals surface area contributed by atoms with E-state index in [2.05, 4.69) is 14.7 Å². The van der Waals surface area contributed by atoms with Crippen LogP contribution < -0.4 is 0 Å². The van der Waals surface area contributed by atoms with Gasteiger partial charge in [0.25, 0.3) is 0 Å². The number of carbonyl (C=O) groups is 1. The van der Waals surface area contributed by atoms with E-state index in [0.29, 0.717) is 5.69 Å². The molecule has 0 amide bonds. The molecule has 15 heavy (non-hydrogen) atoms. The normalized spacial score (nSPS) is 10.3. The van der Waals surface area contributed by atoms with Crippen LogP contribution in [0.4, 0.5) is 0 Å². The van der Waals surface area contributed by atoms with Gasteiger partial charge in [0, 0.05) is 11.1 Å². The molecule has 0 saturated heterocycles. The third kappa shape index (κ3) is 1.78. The molecule has 1 N–H and O–H groups in total. The first-order valence-corrected chi connectivity index (χ1v) is 5.23. The van der Waals surface area contributed by atoms with Crippen LogP contribution in [0, 0.1) is 6.92 Å². The van der Waals surface area contributed by atoms with Gasteiger partial charge in [-0.25, -0.2) is 9.78 Å². The molecule has 0 aliphatic rings. The van der Waals surface area contributed by atoms with Gasteiger partial charge in [-0.2, -0.15) is 0 Å². The molecule has 0 fully saturated rings. The number of aromatic nitrogens is 2. The topological polar surface area (TPSA) is 55.0 Å². The van der Waals surface area contributed by atoms with Crippen molar-refractivity contribution in [1.82, 2.24) is 9.97 Å². The molecule has 0 aliphatic heterocycles. The molecule has 0 unspecified atom stereocenters. The Morgan fingerprint density at radius 2 is 2.40 bits per heavy atom. The summed E-state index contributed by atoms with van der Waals surface area (Å²) in [7, 11) is 1.36. The van der Waals surface area contributed by atoms with Gasteiger partial charge < -0.3 is 9.72 Å². The Balaban J connectivity index is 2.41. The quantitative estimate of drug-likeness (QED) is 0.793. The standard InChI is InChI=1S/C10H10N2O2S/c1-6-8(10(13)14-2)12-9(15-6)7-4-3-5-11-7/h3-5,11H,1-2H3. The van der Waals surface area contributed by atoms with E-state index in [1.54, 1.807) is 0 Å². The fourth-order valence-corrected chi connectivity index (χ4v) is 2.15. The van der Waals surface area contributed by atoms with Gasteiger partial charge >= 0.3 is 5.97 Å². The Labute approximate surface area is 90.9 Å². The smallest absolute Gasteiger partial charge is 0.357 e. The number of aryl methyl sites for hydroxylation is 1. The highest BCUT2D eigenvalue weighted by Gasteiger charge is 2.16. The Kier molecular flexibility index (Phi) is 2.55. The van der Waals surface area contributed by atoms with Crippen molar-refractivity contribution in [1.29, 1.82) is 0 Å². The Morgan fingerprint density at radius 1 is 1.60 bits per heavy atom. The molecule has 2 rings (SSSR count). The maximum absolute atomic E-state index is 11.3. The minimum absolute atomic E-state index is 0.387. The third-order valence-electron chi connectivity index (χ3n) is 2.00. The lowest BCUT2D eigenvalue weighted by Crippen LogP contribution is -2.03. The molecule has 0 aromatic carbocycles. The van der Waals surface area contributed by atoms with E-state index in [1.165, 1.54) is 18.4 Å². The molecular weight excluding hydrogens is 212 g/mol. The third-order valence-corrected chi connectivity index (χ3v) is 3.01. The van der Waals surface area contributed by atoms with E-state index in [0.717, 1.165) is 15.6 Å². The Hall–Kier alpha value is -1.62. The van der Waals surface area contributed by atoms with E-state index in [4.69, 9.17) is 0 Å². The molecule has 2 heterocycles. The molecule has 5 heteroatoms. The fourth-order valence-electron chi connectivity index (χ4n) is 1.26. The molecule has 0 bridgehead atoms. The highest BCUT2D eigenvalue weighted by Crippen LogP contribution is 2.26. The highest BCUT2D eigenvalue weighted by molar-refractivity contribution is 7.15. The predicted molar refractivity (Wildman–Crippen MR) is 58.0 cm³/mol. The molecule has 2 aromatic rings. The van der Waals surface area contributed by atoms with Gasteiger partial charge in [-0.15, -0.1) is 11.3 Å². The number of thiazole rings is 1. The summed E-state index contributed by atoms with van der Waals surface area (Å²) in [6.45, 7) is 1.86. The lowest BCUT2D eigenvalue weighted by Gasteiger charge is -1.93. The van der Waals surface area contributed by atoms with Crippen LogP contribution in [0.1, 0.15) is 15.4 Å². The molecule has 0 atom stereocenters. The number of H-pyrrole nitrogens is 1. The molecular formula is C10H10N2O2S. The fraction of sp³-hybridized carbons (Fsp3) is 0.200. The van der Waals surface area contributed by atoms with Gasteiger partial charge in [0.15, 0.2) is 5.69 Å². The second-order valence-corrected chi connectivity index (χ2v) is 4.20. The average molecular weight is 222 g/mol. The summed E-state index contributed by atoms with van der Waals surface area (Å²) >= 11 is 1.47. The number of hydrogen-bond donors (Lipinski definition) is 1. The summed E-state index contributed by atoms with van der Waals surface area (Å²) in [5, 5.41) is 0.804. The first-order valence-electron chi connectivity index (χ1n) is 4.42. The maximum Gasteiger partial charge on any atom is 0.357 e. The van der Waals surface area contributed by atoms with Crippen LogP contribution in [0.3, 0.4) is 0 Å². The van der Waals surface area contributed by atoms with Crippen LogP contribution in [0.5, 0.6) is 0 Å². The minimum atomic E-state index is -0.387. The van der Waals surface area contributed by atoms with Crippen molar-refractivity contribution < 1.29 is 9.53 Å². The van der Waals surface area contributed by atoms with E-state index < -0.39 is 0 Å². The number of aromatic amines is 1. The molecule has 4 nitrogen and oxygen atoms in total. The van der Waals surface area contributed by atoms with Gasteiger partial charge in [0.1, 0.15) is 5.01 Å². The van der Waals surface area contributed by atoms with Crippen LogP contribution in [0.15, 0.2) is 18.3 Å². The number of nitrogens with zero attached hydrogens (tertiary/aromatic N) is 1. The van der Waals surface area contributed by atoms with Crippen LogP contribution in [-0.4, -0.2) is 23.0 Å². The summed E-state index contributed by atoms with van der Waals surface area (Å²) in [5.41, 5.74) is 1.31. The minimum Gasteiger partial charge on any atom is -0.464 e. The van der Waals surface area contributed by atoms with Gasteiger partial charge in [-0.3, -0.25) is 0 Å². The zero-order valence-electron chi connectivity index (χ0n) is 8.40. The number of hydrogen-bond acceptors (Lipinski definition) is 4. The molecule has 0 aliphatic carbocycles. The highest BCUT2D eigenvalue weighted by atomic mass is 32.1. The van der Waals surface area contributed by atoms with Crippen molar-refractivity contribution in [2.45, 2.75) is 6.92 Å². The van der Waals surface area contributed by atoms with Gasteiger partial charge in [-0.1, -0.05) is 0 Å².